The van der Waals surface area contributed by atoms with Crippen molar-refractivity contribution in [2.75, 3.05) is 0 Å². The van der Waals surface area contributed by atoms with Crippen molar-refractivity contribution < 1.29 is 23.5 Å². The Morgan fingerprint density at radius 3 is 2.34 bits per heavy atom. The van der Waals surface area contributed by atoms with E-state index in [1.807, 2.05) is 25.1 Å². The van der Waals surface area contributed by atoms with Crippen molar-refractivity contribution in [2.45, 2.75) is 52.7 Å². The number of ether oxygens (including phenoxy) is 2. The molecule has 1 aliphatic rings. The number of hydrogen-bond donors (Lipinski definition) is 0. The third-order valence-corrected chi connectivity index (χ3v) is 5.05. The van der Waals surface area contributed by atoms with Crippen molar-refractivity contribution >= 4 is 17.3 Å². The number of carbonyl (C=O) groups excluding carboxylic acids is 2. The second kappa shape index (κ2) is 7.91. The van der Waals surface area contributed by atoms with Crippen molar-refractivity contribution in [3.63, 3.8) is 0 Å². The van der Waals surface area contributed by atoms with Gasteiger partial charge in [0.25, 0.3) is 0 Å². The molecule has 0 aliphatic carbocycles. The molecule has 29 heavy (non-hydrogen) atoms. The molecule has 152 valence electrons. The van der Waals surface area contributed by atoms with Crippen molar-refractivity contribution in [3.05, 3.63) is 65.2 Å². The van der Waals surface area contributed by atoms with Crippen LogP contribution in [0.4, 0.5) is 4.39 Å². The predicted octanol–water partition coefficient (Wildman–Crippen LogP) is 5.10. The Kier molecular flexibility index (Phi) is 5.71. The largest absolute Gasteiger partial charge is 0.428 e. The molecule has 1 heterocycles. The number of carbonyl (C=O) groups is 2. The Morgan fingerprint density at radius 2 is 1.76 bits per heavy atom. The molecule has 0 saturated heterocycles. The smallest absolute Gasteiger partial charge is 0.307 e. The maximum atomic E-state index is 13.3. The van der Waals surface area contributed by atoms with Gasteiger partial charge in [0.2, 0.25) is 0 Å². The first-order valence-electron chi connectivity index (χ1n) is 9.68. The quantitative estimate of drug-likeness (QED) is 0.675. The summed E-state index contributed by atoms with van der Waals surface area (Å²) in [4.78, 5) is 24.9. The van der Waals surface area contributed by atoms with Gasteiger partial charge >= 0.3 is 5.97 Å². The van der Waals surface area contributed by atoms with E-state index < -0.39 is 17.7 Å². The lowest BCUT2D eigenvalue weighted by Crippen LogP contribution is -2.44. The second-order valence-corrected chi connectivity index (χ2v) is 7.66. The van der Waals surface area contributed by atoms with Gasteiger partial charge in [-0.15, -0.1) is 0 Å². The number of Topliss-reactive ketones (excluding diaryl/α,β-unsaturated/α-hetero) is 1. The molecule has 0 spiro atoms. The van der Waals surface area contributed by atoms with Gasteiger partial charge in [0.15, 0.2) is 5.78 Å². The van der Waals surface area contributed by atoms with Crippen LogP contribution in [0.3, 0.4) is 0 Å². The number of esters is 1. The minimum Gasteiger partial charge on any atom is -0.428 e. The molecule has 0 fully saturated rings. The van der Waals surface area contributed by atoms with Crippen molar-refractivity contribution in [3.8, 4) is 11.1 Å². The van der Waals surface area contributed by atoms with Gasteiger partial charge in [-0.25, -0.2) is 4.39 Å². The maximum absolute atomic E-state index is 13.3. The number of hydrogen-bond acceptors (Lipinski definition) is 4. The zero-order valence-corrected chi connectivity index (χ0v) is 17.3. The third kappa shape index (κ3) is 4.15. The lowest BCUT2D eigenvalue weighted by Gasteiger charge is -2.36. The van der Waals surface area contributed by atoms with Crippen LogP contribution >= 0.6 is 0 Å². The summed E-state index contributed by atoms with van der Waals surface area (Å²) in [6, 6.07) is 12.0. The van der Waals surface area contributed by atoms with E-state index >= 15 is 0 Å². The molecule has 2 aromatic rings. The average molecular weight is 396 g/mol. The summed E-state index contributed by atoms with van der Waals surface area (Å²) < 4.78 is 24.5. The molecule has 0 radical (unpaired) electrons. The zero-order valence-electron chi connectivity index (χ0n) is 17.3. The van der Waals surface area contributed by atoms with Crippen LogP contribution in [-0.4, -0.2) is 23.5 Å². The lowest BCUT2D eigenvalue weighted by atomic mass is 9.83. The summed E-state index contributed by atoms with van der Waals surface area (Å²) in [6.07, 6.45) is 0.132. The predicted molar refractivity (Wildman–Crippen MR) is 110 cm³/mol. The van der Waals surface area contributed by atoms with Gasteiger partial charge in [-0.05, 0) is 61.6 Å². The molecule has 5 heteroatoms. The van der Waals surface area contributed by atoms with Gasteiger partial charge in [-0.1, -0.05) is 37.3 Å². The highest BCUT2D eigenvalue weighted by Gasteiger charge is 2.43. The Balaban J connectivity index is 2.18. The number of ketones is 1. The van der Waals surface area contributed by atoms with E-state index in [2.05, 4.69) is 0 Å². The van der Waals surface area contributed by atoms with E-state index in [0.29, 0.717) is 12.0 Å². The van der Waals surface area contributed by atoms with Crippen LogP contribution in [0.15, 0.2) is 48.2 Å². The van der Waals surface area contributed by atoms with E-state index in [1.54, 1.807) is 32.9 Å². The normalized spacial score (nSPS) is 18.7. The van der Waals surface area contributed by atoms with Crippen LogP contribution in [0, 0.1) is 5.82 Å². The summed E-state index contributed by atoms with van der Waals surface area (Å²) in [5, 5.41) is 0. The van der Waals surface area contributed by atoms with Crippen LogP contribution in [0.5, 0.6) is 0 Å². The monoisotopic (exact) mass is 396 g/mol. The Bertz CT molecular complexity index is 986. The number of rotatable bonds is 4. The van der Waals surface area contributed by atoms with Crippen LogP contribution in [-0.2, 0) is 25.5 Å². The van der Waals surface area contributed by atoms with Crippen LogP contribution in [0.25, 0.3) is 16.7 Å². The number of halogens is 1. The molecule has 0 N–H and O–H groups in total. The molecular formula is C24H25FO4. The number of aryl methyl sites for hydroxylation is 1. The summed E-state index contributed by atoms with van der Waals surface area (Å²) in [6.45, 7) is 8.51. The van der Waals surface area contributed by atoms with Gasteiger partial charge < -0.3 is 9.47 Å². The molecular weight excluding hydrogens is 371 g/mol. The molecule has 3 rings (SSSR count). The van der Waals surface area contributed by atoms with Gasteiger partial charge in [0.1, 0.15) is 23.3 Å². The molecule has 0 saturated carbocycles. The van der Waals surface area contributed by atoms with Gasteiger partial charge in [-0.2, -0.15) is 0 Å². The Labute approximate surface area is 170 Å². The number of benzene rings is 2. The fraction of sp³-hybridized carbons (Fsp3) is 0.333. The van der Waals surface area contributed by atoms with E-state index in [1.165, 1.54) is 19.1 Å². The molecule has 1 atom stereocenters. The van der Waals surface area contributed by atoms with Crippen molar-refractivity contribution in [1.29, 1.82) is 0 Å². The standard InChI is InChI=1S/C24H25FO4/c1-6-16-13-18(17-7-10-19(25)11-8-17)9-12-20(16)21-22(28-15(3)26)14(2)29-24(4,5)23(21)27/h7-14H,6H2,1-5H3. The topological polar surface area (TPSA) is 52.6 Å². The minimum atomic E-state index is -1.03. The Morgan fingerprint density at radius 1 is 1.14 bits per heavy atom. The van der Waals surface area contributed by atoms with E-state index in [0.717, 1.165) is 22.3 Å². The molecule has 0 aromatic heterocycles. The van der Waals surface area contributed by atoms with E-state index in [4.69, 9.17) is 9.47 Å². The van der Waals surface area contributed by atoms with Crippen LogP contribution < -0.4 is 0 Å². The molecule has 4 nitrogen and oxygen atoms in total. The Hall–Kier alpha value is -2.79. The van der Waals surface area contributed by atoms with Crippen LogP contribution in [0.1, 0.15) is 45.7 Å². The SMILES string of the molecule is CCc1cc(-c2ccc(F)cc2)ccc1C1=C(OC(C)=O)C(C)OC(C)(C)C1=O. The first-order valence-corrected chi connectivity index (χ1v) is 9.68. The summed E-state index contributed by atoms with van der Waals surface area (Å²) in [5.74, 6) is -0.773. The first kappa shape index (κ1) is 20.9. The molecule has 1 aliphatic heterocycles. The van der Waals surface area contributed by atoms with Gasteiger partial charge in [-0.3, -0.25) is 9.59 Å². The van der Waals surface area contributed by atoms with Gasteiger partial charge in [0.05, 0.1) is 5.57 Å². The minimum absolute atomic E-state index is 0.226. The summed E-state index contributed by atoms with van der Waals surface area (Å²) in [7, 11) is 0. The fourth-order valence-corrected chi connectivity index (χ4v) is 3.66. The highest BCUT2D eigenvalue weighted by Crippen LogP contribution is 2.38. The highest BCUT2D eigenvalue weighted by molar-refractivity contribution is 6.26. The average Bonchev–Trinajstić information content (AvgIpc) is 2.66. The highest BCUT2D eigenvalue weighted by atomic mass is 19.1. The molecule has 0 bridgehead atoms. The van der Waals surface area contributed by atoms with Crippen molar-refractivity contribution in [1.82, 2.24) is 0 Å². The first-order chi connectivity index (χ1) is 13.6. The molecule has 2 aromatic carbocycles. The molecule has 1 unspecified atom stereocenters. The zero-order chi connectivity index (χ0) is 21.3. The lowest BCUT2D eigenvalue weighted by molar-refractivity contribution is -0.150. The summed E-state index contributed by atoms with van der Waals surface area (Å²) in [5.41, 5.74) is 2.82. The van der Waals surface area contributed by atoms with Crippen molar-refractivity contribution in [2.24, 2.45) is 0 Å². The van der Waals surface area contributed by atoms with Gasteiger partial charge in [0, 0.05) is 6.92 Å². The fourth-order valence-electron chi connectivity index (χ4n) is 3.66. The molecule has 0 amide bonds. The summed E-state index contributed by atoms with van der Waals surface area (Å²) >= 11 is 0. The van der Waals surface area contributed by atoms with E-state index in [-0.39, 0.29) is 17.4 Å². The maximum Gasteiger partial charge on any atom is 0.307 e. The second-order valence-electron chi connectivity index (χ2n) is 7.66. The van der Waals surface area contributed by atoms with Crippen LogP contribution in [0.2, 0.25) is 0 Å². The third-order valence-electron chi connectivity index (χ3n) is 5.05. The van der Waals surface area contributed by atoms with E-state index in [9.17, 15) is 14.0 Å².